The molecule has 0 N–H and O–H groups in total. The molecule has 2 aliphatic rings. The largest absolute Gasteiger partial charge is 0.355 e. The smallest absolute Gasteiger partial charge is 0.243 e. The van der Waals surface area contributed by atoms with Gasteiger partial charge in [0.1, 0.15) is 0 Å². The van der Waals surface area contributed by atoms with E-state index in [-0.39, 0.29) is 0 Å². The number of sulfonamides is 1. The van der Waals surface area contributed by atoms with Gasteiger partial charge in [0.05, 0.1) is 4.90 Å². The van der Waals surface area contributed by atoms with Gasteiger partial charge in [0.15, 0.2) is 11.6 Å². The topological polar surface area (TPSA) is 69.6 Å². The van der Waals surface area contributed by atoms with Gasteiger partial charge in [-0.3, -0.25) is 0 Å². The minimum Gasteiger partial charge on any atom is -0.355 e. The molecule has 1 aromatic heterocycles. The maximum Gasteiger partial charge on any atom is 0.243 e. The lowest BCUT2D eigenvalue weighted by Gasteiger charge is -2.35. The lowest BCUT2D eigenvalue weighted by molar-refractivity contribution is 0.383. The molecule has 0 bridgehead atoms. The van der Waals surface area contributed by atoms with Crippen molar-refractivity contribution in [2.75, 3.05) is 49.1 Å². The van der Waals surface area contributed by atoms with E-state index >= 15 is 0 Å². The number of piperidine rings is 1. The predicted molar refractivity (Wildman–Crippen MR) is 115 cm³/mol. The second kappa shape index (κ2) is 8.28. The molecule has 4 rings (SSSR count). The van der Waals surface area contributed by atoms with Gasteiger partial charge in [-0.25, -0.2) is 8.42 Å². The summed E-state index contributed by atoms with van der Waals surface area (Å²) in [6.07, 6.45) is 3.71. The maximum atomic E-state index is 13.1. The quantitative estimate of drug-likeness (QED) is 0.765. The second-order valence-corrected chi connectivity index (χ2v) is 9.86. The molecule has 0 amide bonds. The second-order valence-electron chi connectivity index (χ2n) is 7.96. The molecule has 7 nitrogen and oxygen atoms in total. The zero-order chi connectivity index (χ0) is 20.4. The van der Waals surface area contributed by atoms with E-state index in [4.69, 9.17) is 0 Å². The minimum atomic E-state index is -3.48. The van der Waals surface area contributed by atoms with E-state index in [0.717, 1.165) is 35.9 Å². The van der Waals surface area contributed by atoms with Gasteiger partial charge >= 0.3 is 0 Å². The summed E-state index contributed by atoms with van der Waals surface area (Å²) >= 11 is 0. The fourth-order valence-electron chi connectivity index (χ4n) is 4.06. The first kappa shape index (κ1) is 20.1. The van der Waals surface area contributed by atoms with Crippen molar-refractivity contribution < 1.29 is 8.42 Å². The Labute approximate surface area is 173 Å². The molecule has 29 heavy (non-hydrogen) atoms. The van der Waals surface area contributed by atoms with Crippen LogP contribution in [-0.4, -0.2) is 62.2 Å². The third kappa shape index (κ3) is 4.23. The number of anilines is 2. The van der Waals surface area contributed by atoms with Crippen LogP contribution in [0.15, 0.2) is 35.2 Å². The van der Waals surface area contributed by atoms with E-state index in [2.05, 4.69) is 20.0 Å². The lowest BCUT2D eigenvalue weighted by atomic mass is 10.1. The van der Waals surface area contributed by atoms with Crippen molar-refractivity contribution in [2.45, 2.75) is 38.0 Å². The number of benzene rings is 1. The number of piperazine rings is 1. The molecule has 3 heterocycles. The number of hydrogen-bond acceptors (Lipinski definition) is 6. The summed E-state index contributed by atoms with van der Waals surface area (Å²) in [6, 6.07) is 9.62. The molecule has 0 spiro atoms. The number of nitrogens with zero attached hydrogens (tertiary/aromatic N) is 5. The van der Waals surface area contributed by atoms with Crippen LogP contribution >= 0.6 is 0 Å². The van der Waals surface area contributed by atoms with Gasteiger partial charge in [-0.2, -0.15) is 4.31 Å². The summed E-state index contributed by atoms with van der Waals surface area (Å²) in [6.45, 7) is 7.98. The number of hydrogen-bond donors (Lipinski definition) is 0. The normalized spacial score (nSPS) is 18.8. The monoisotopic (exact) mass is 415 g/mol. The van der Waals surface area contributed by atoms with Gasteiger partial charge in [-0.05, 0) is 62.4 Å². The first-order valence-corrected chi connectivity index (χ1v) is 11.8. The third-order valence-electron chi connectivity index (χ3n) is 5.84. The summed E-state index contributed by atoms with van der Waals surface area (Å²) < 4.78 is 27.8. The van der Waals surface area contributed by atoms with Gasteiger partial charge in [0.2, 0.25) is 10.0 Å². The van der Waals surface area contributed by atoms with Crippen molar-refractivity contribution in [2.24, 2.45) is 0 Å². The average Bonchev–Trinajstić information content (AvgIpc) is 2.76. The summed E-state index contributed by atoms with van der Waals surface area (Å²) in [4.78, 5) is 4.81. The van der Waals surface area contributed by atoms with Crippen LogP contribution in [0.25, 0.3) is 0 Å². The predicted octanol–water partition coefficient (Wildman–Crippen LogP) is 2.59. The summed E-state index contributed by atoms with van der Waals surface area (Å²) in [7, 11) is -3.48. The molecule has 2 aliphatic heterocycles. The Hall–Kier alpha value is -2.19. The SMILES string of the molecule is Cc1ccc(C)c(S(=O)(=O)N2CCN(c3ccc(N4CCCCC4)nn3)CC2)c1. The fourth-order valence-corrected chi connectivity index (χ4v) is 5.79. The fraction of sp³-hybridized carbons (Fsp3) is 0.524. The molecule has 0 atom stereocenters. The number of rotatable bonds is 4. The van der Waals surface area contributed by atoms with Gasteiger partial charge in [-0.15, -0.1) is 10.2 Å². The summed E-state index contributed by atoms with van der Waals surface area (Å²) in [5, 5.41) is 8.83. The molecular weight excluding hydrogens is 386 g/mol. The first-order chi connectivity index (χ1) is 13.9. The number of aryl methyl sites for hydroxylation is 2. The van der Waals surface area contributed by atoms with Crippen molar-refractivity contribution in [1.82, 2.24) is 14.5 Å². The Kier molecular flexibility index (Phi) is 5.74. The van der Waals surface area contributed by atoms with Crippen molar-refractivity contribution >= 4 is 21.7 Å². The van der Waals surface area contributed by atoms with Crippen molar-refractivity contribution in [1.29, 1.82) is 0 Å². The van der Waals surface area contributed by atoms with E-state index in [1.54, 1.807) is 10.4 Å². The highest BCUT2D eigenvalue weighted by atomic mass is 32.2. The van der Waals surface area contributed by atoms with Gasteiger partial charge in [0, 0.05) is 39.3 Å². The van der Waals surface area contributed by atoms with Crippen LogP contribution in [0.5, 0.6) is 0 Å². The Morgan fingerprint density at radius 2 is 1.34 bits per heavy atom. The van der Waals surface area contributed by atoms with Crippen LogP contribution in [0, 0.1) is 13.8 Å². The average molecular weight is 416 g/mol. The van der Waals surface area contributed by atoms with Crippen LogP contribution < -0.4 is 9.80 Å². The summed E-state index contributed by atoms with van der Waals surface area (Å²) in [5.41, 5.74) is 1.74. The van der Waals surface area contributed by atoms with Crippen LogP contribution in [0.3, 0.4) is 0 Å². The van der Waals surface area contributed by atoms with Crippen LogP contribution in [-0.2, 0) is 10.0 Å². The number of aromatic nitrogens is 2. The van der Waals surface area contributed by atoms with Crippen LogP contribution in [0.1, 0.15) is 30.4 Å². The van der Waals surface area contributed by atoms with Crippen molar-refractivity contribution in [3.63, 3.8) is 0 Å². The molecule has 2 aromatic rings. The zero-order valence-corrected chi connectivity index (χ0v) is 18.0. The van der Waals surface area contributed by atoms with Crippen LogP contribution in [0.4, 0.5) is 11.6 Å². The van der Waals surface area contributed by atoms with Gasteiger partial charge in [0.25, 0.3) is 0 Å². The Balaban J connectivity index is 1.42. The Morgan fingerprint density at radius 3 is 1.93 bits per heavy atom. The highest BCUT2D eigenvalue weighted by Crippen LogP contribution is 2.24. The van der Waals surface area contributed by atoms with Crippen molar-refractivity contribution in [3.05, 3.63) is 41.5 Å². The lowest BCUT2D eigenvalue weighted by Crippen LogP contribution is -2.49. The van der Waals surface area contributed by atoms with Gasteiger partial charge < -0.3 is 9.80 Å². The molecule has 2 saturated heterocycles. The molecule has 8 heteroatoms. The molecular formula is C21H29N5O2S. The molecule has 156 valence electrons. The van der Waals surface area contributed by atoms with E-state index < -0.39 is 10.0 Å². The minimum absolute atomic E-state index is 0.414. The molecule has 2 fully saturated rings. The first-order valence-electron chi connectivity index (χ1n) is 10.4. The highest BCUT2D eigenvalue weighted by molar-refractivity contribution is 7.89. The zero-order valence-electron chi connectivity index (χ0n) is 17.2. The molecule has 1 aromatic carbocycles. The standard InChI is InChI=1S/C21H29N5O2S/c1-17-6-7-18(2)19(16-17)29(27,28)26-14-12-25(13-15-26)21-9-8-20(22-23-21)24-10-4-3-5-11-24/h6-9,16H,3-5,10-15H2,1-2H3. The Bertz CT molecular complexity index is 948. The van der Waals surface area contributed by atoms with Gasteiger partial charge in [-0.1, -0.05) is 12.1 Å². The van der Waals surface area contributed by atoms with E-state index in [1.807, 2.05) is 38.1 Å². The maximum absolute atomic E-state index is 13.1. The molecule has 0 saturated carbocycles. The molecule has 0 radical (unpaired) electrons. The molecule has 0 unspecified atom stereocenters. The highest BCUT2D eigenvalue weighted by Gasteiger charge is 2.30. The molecule has 0 aliphatic carbocycles. The van der Waals surface area contributed by atoms with Crippen LogP contribution in [0.2, 0.25) is 0 Å². The van der Waals surface area contributed by atoms with E-state index in [0.29, 0.717) is 31.1 Å². The van der Waals surface area contributed by atoms with Crippen molar-refractivity contribution in [3.8, 4) is 0 Å². The van der Waals surface area contributed by atoms with E-state index in [1.165, 1.54) is 19.3 Å². The van der Waals surface area contributed by atoms with E-state index in [9.17, 15) is 8.42 Å². The summed E-state index contributed by atoms with van der Waals surface area (Å²) in [5.74, 6) is 1.75. The Morgan fingerprint density at radius 1 is 0.759 bits per heavy atom. The third-order valence-corrected chi connectivity index (χ3v) is 7.88.